The van der Waals surface area contributed by atoms with Gasteiger partial charge in [-0.05, 0) is 29.8 Å². The van der Waals surface area contributed by atoms with Crippen molar-refractivity contribution >= 4 is 17.5 Å². The first-order valence-electron chi connectivity index (χ1n) is 8.55. The number of hydrogen-bond donors (Lipinski definition) is 1. The number of β-lactam (4-membered cyclic amide) rings is 1. The highest BCUT2D eigenvalue weighted by molar-refractivity contribution is 6.09. The molecule has 0 aliphatic carbocycles. The van der Waals surface area contributed by atoms with E-state index < -0.39 is 6.04 Å². The number of anilines is 1. The number of rotatable bonds is 4. The van der Waals surface area contributed by atoms with Crippen molar-refractivity contribution in [1.29, 1.82) is 0 Å². The molecule has 0 saturated carbocycles. The molecule has 0 aromatic heterocycles. The Labute approximate surface area is 152 Å². The molecule has 2 atom stereocenters. The van der Waals surface area contributed by atoms with Crippen LogP contribution in [-0.2, 0) is 4.79 Å². The average Bonchev–Trinajstić information content (AvgIpc) is 2.71. The third-order valence-corrected chi connectivity index (χ3v) is 4.60. The van der Waals surface area contributed by atoms with E-state index in [9.17, 15) is 9.59 Å². The fourth-order valence-electron chi connectivity index (χ4n) is 3.31. The maximum Gasteiger partial charge on any atom is 0.252 e. The zero-order valence-corrected chi connectivity index (χ0v) is 14.1. The summed E-state index contributed by atoms with van der Waals surface area (Å²) in [6, 6.07) is 27.5. The van der Waals surface area contributed by atoms with Gasteiger partial charge in [-0.15, -0.1) is 0 Å². The molecule has 2 amide bonds. The molecule has 0 unspecified atom stereocenters. The van der Waals surface area contributed by atoms with Gasteiger partial charge in [0.1, 0.15) is 6.04 Å². The summed E-state index contributed by atoms with van der Waals surface area (Å²) < 4.78 is 0. The monoisotopic (exact) mass is 342 g/mol. The second-order valence-corrected chi connectivity index (χ2v) is 6.22. The van der Waals surface area contributed by atoms with E-state index in [2.05, 4.69) is 5.32 Å². The van der Waals surface area contributed by atoms with Crippen LogP contribution in [0.25, 0.3) is 0 Å². The van der Waals surface area contributed by atoms with Crippen molar-refractivity contribution < 1.29 is 9.59 Å². The summed E-state index contributed by atoms with van der Waals surface area (Å²) in [7, 11) is 0. The minimum absolute atomic E-state index is 0.102. The number of benzene rings is 3. The molecule has 1 fully saturated rings. The first-order chi connectivity index (χ1) is 12.8. The molecule has 4 nitrogen and oxygen atoms in total. The van der Waals surface area contributed by atoms with Crippen LogP contribution in [0.4, 0.5) is 5.69 Å². The largest absolute Gasteiger partial charge is 0.338 e. The van der Waals surface area contributed by atoms with Gasteiger partial charge in [0.2, 0.25) is 0 Å². The van der Waals surface area contributed by atoms with E-state index in [1.807, 2.05) is 78.9 Å². The van der Waals surface area contributed by atoms with Gasteiger partial charge in [-0.1, -0.05) is 66.7 Å². The van der Waals surface area contributed by atoms with E-state index in [0.717, 1.165) is 11.3 Å². The van der Waals surface area contributed by atoms with Gasteiger partial charge in [-0.2, -0.15) is 0 Å². The quantitative estimate of drug-likeness (QED) is 0.737. The zero-order valence-electron chi connectivity index (χ0n) is 14.1. The minimum Gasteiger partial charge on any atom is -0.338 e. The molecule has 4 rings (SSSR count). The Hall–Kier alpha value is -3.40. The Morgan fingerprint density at radius 2 is 1.31 bits per heavy atom. The Bertz CT molecular complexity index is 911. The van der Waals surface area contributed by atoms with E-state index in [1.54, 1.807) is 17.0 Å². The van der Waals surface area contributed by atoms with Gasteiger partial charge in [0.05, 0.1) is 6.04 Å². The van der Waals surface area contributed by atoms with Crippen LogP contribution in [-0.4, -0.2) is 17.9 Å². The van der Waals surface area contributed by atoms with Crippen molar-refractivity contribution in [2.24, 2.45) is 0 Å². The summed E-state index contributed by atoms with van der Waals surface area (Å²) in [5.41, 5.74) is 2.37. The maximum absolute atomic E-state index is 12.8. The van der Waals surface area contributed by atoms with Crippen molar-refractivity contribution in [3.63, 3.8) is 0 Å². The van der Waals surface area contributed by atoms with E-state index in [4.69, 9.17) is 0 Å². The van der Waals surface area contributed by atoms with Gasteiger partial charge in [0.15, 0.2) is 0 Å². The lowest BCUT2D eigenvalue weighted by Gasteiger charge is -2.47. The van der Waals surface area contributed by atoms with Gasteiger partial charge in [-0.3, -0.25) is 9.59 Å². The third kappa shape index (κ3) is 2.86. The van der Waals surface area contributed by atoms with E-state index in [0.29, 0.717) is 5.56 Å². The molecule has 3 aromatic rings. The van der Waals surface area contributed by atoms with Crippen LogP contribution in [0.5, 0.6) is 0 Å². The molecule has 1 saturated heterocycles. The minimum atomic E-state index is -0.578. The molecule has 1 heterocycles. The molecule has 26 heavy (non-hydrogen) atoms. The average molecular weight is 342 g/mol. The summed E-state index contributed by atoms with van der Waals surface area (Å²) in [5, 5.41) is 2.90. The highest BCUT2D eigenvalue weighted by Crippen LogP contribution is 2.39. The first kappa shape index (κ1) is 16.1. The van der Waals surface area contributed by atoms with Gasteiger partial charge in [0, 0.05) is 11.3 Å². The molecule has 4 heteroatoms. The van der Waals surface area contributed by atoms with Crippen molar-refractivity contribution in [3.8, 4) is 0 Å². The fraction of sp³-hybridized carbons (Fsp3) is 0.0909. The predicted molar refractivity (Wildman–Crippen MR) is 101 cm³/mol. The molecule has 128 valence electrons. The number of amides is 2. The van der Waals surface area contributed by atoms with Gasteiger partial charge in [-0.25, -0.2) is 0 Å². The Balaban J connectivity index is 1.64. The molecular weight excluding hydrogens is 324 g/mol. The molecular formula is C22H18N2O2. The summed E-state index contributed by atoms with van der Waals surface area (Å²) in [6.45, 7) is 0. The maximum atomic E-state index is 12.8. The number of para-hydroxylation sites is 1. The lowest BCUT2D eigenvalue weighted by molar-refractivity contribution is -0.127. The smallest absolute Gasteiger partial charge is 0.252 e. The SMILES string of the molecule is O=C(N[C@H]1C(=O)N(c2ccccc2)[C@H]1c1ccccc1)c1ccccc1. The zero-order chi connectivity index (χ0) is 17.9. The number of hydrogen-bond acceptors (Lipinski definition) is 2. The highest BCUT2D eigenvalue weighted by Gasteiger charge is 2.49. The topological polar surface area (TPSA) is 49.4 Å². The van der Waals surface area contributed by atoms with Crippen molar-refractivity contribution in [1.82, 2.24) is 5.32 Å². The fourth-order valence-corrected chi connectivity index (χ4v) is 3.31. The van der Waals surface area contributed by atoms with Gasteiger partial charge in [0.25, 0.3) is 11.8 Å². The van der Waals surface area contributed by atoms with Crippen LogP contribution in [0.3, 0.4) is 0 Å². The third-order valence-electron chi connectivity index (χ3n) is 4.60. The normalized spacial score (nSPS) is 18.9. The highest BCUT2D eigenvalue weighted by atomic mass is 16.2. The van der Waals surface area contributed by atoms with Crippen LogP contribution in [0.15, 0.2) is 91.0 Å². The number of carbonyl (C=O) groups excluding carboxylic acids is 2. The first-order valence-corrected chi connectivity index (χ1v) is 8.55. The van der Waals surface area contributed by atoms with Crippen molar-refractivity contribution in [2.75, 3.05) is 4.90 Å². The molecule has 1 aliphatic rings. The van der Waals surface area contributed by atoms with E-state index in [1.165, 1.54) is 0 Å². The number of carbonyl (C=O) groups is 2. The van der Waals surface area contributed by atoms with Crippen LogP contribution in [0, 0.1) is 0 Å². The lowest BCUT2D eigenvalue weighted by atomic mass is 9.87. The standard InChI is InChI=1S/C22H18N2O2/c25-21(17-12-6-2-7-13-17)23-19-20(16-10-4-1-5-11-16)24(22(19)26)18-14-8-3-9-15-18/h1-15,19-20H,(H,23,25)/t19-,20+/m1/s1. The summed E-state index contributed by atoms with van der Waals surface area (Å²) in [5.74, 6) is -0.341. The lowest BCUT2D eigenvalue weighted by Crippen LogP contribution is -2.66. The van der Waals surface area contributed by atoms with Crippen LogP contribution < -0.4 is 10.2 Å². The van der Waals surface area contributed by atoms with Crippen LogP contribution in [0.2, 0.25) is 0 Å². The second kappa shape index (κ2) is 6.84. The Morgan fingerprint density at radius 3 is 1.92 bits per heavy atom. The van der Waals surface area contributed by atoms with Gasteiger partial charge < -0.3 is 10.2 Å². The molecule has 1 N–H and O–H groups in total. The Morgan fingerprint density at radius 1 is 0.769 bits per heavy atom. The molecule has 3 aromatic carbocycles. The molecule has 0 bridgehead atoms. The molecule has 0 radical (unpaired) electrons. The van der Waals surface area contributed by atoms with Crippen molar-refractivity contribution in [2.45, 2.75) is 12.1 Å². The van der Waals surface area contributed by atoms with Crippen LogP contribution >= 0.6 is 0 Å². The molecule has 1 aliphatic heterocycles. The number of nitrogens with one attached hydrogen (secondary N) is 1. The Kier molecular flexibility index (Phi) is 4.23. The van der Waals surface area contributed by atoms with E-state index in [-0.39, 0.29) is 17.9 Å². The summed E-state index contributed by atoms with van der Waals surface area (Å²) in [6.07, 6.45) is 0. The number of nitrogens with zero attached hydrogens (tertiary/aromatic N) is 1. The predicted octanol–water partition coefficient (Wildman–Crippen LogP) is 3.57. The summed E-state index contributed by atoms with van der Waals surface area (Å²) >= 11 is 0. The van der Waals surface area contributed by atoms with Crippen LogP contribution in [0.1, 0.15) is 22.0 Å². The molecule has 0 spiro atoms. The van der Waals surface area contributed by atoms with Gasteiger partial charge >= 0.3 is 0 Å². The second-order valence-electron chi connectivity index (χ2n) is 6.22. The van der Waals surface area contributed by atoms with E-state index >= 15 is 0 Å². The van der Waals surface area contributed by atoms with Crippen molar-refractivity contribution in [3.05, 3.63) is 102 Å². The summed E-state index contributed by atoms with van der Waals surface area (Å²) in [4.78, 5) is 27.1.